The Morgan fingerprint density at radius 1 is 0.969 bits per heavy atom. The van der Waals surface area contributed by atoms with Gasteiger partial charge in [-0.3, -0.25) is 9.69 Å². The summed E-state index contributed by atoms with van der Waals surface area (Å²) in [6.07, 6.45) is 0. The zero-order valence-corrected chi connectivity index (χ0v) is 19.3. The first-order valence-corrected chi connectivity index (χ1v) is 11.4. The number of benzene rings is 3. The molecule has 6 heteroatoms. The molecule has 0 unspecified atom stereocenters. The Morgan fingerprint density at radius 2 is 1.66 bits per heavy atom. The first-order chi connectivity index (χ1) is 15.5. The Balaban J connectivity index is 1.57. The lowest BCUT2D eigenvalue weighted by molar-refractivity contribution is -0.120. The van der Waals surface area contributed by atoms with Crippen molar-refractivity contribution in [2.24, 2.45) is 0 Å². The Morgan fingerprint density at radius 3 is 2.34 bits per heavy atom. The number of hydrogen-bond donors (Lipinski definition) is 0. The van der Waals surface area contributed by atoms with E-state index in [4.69, 9.17) is 14.5 Å². The number of thiazole rings is 1. The van der Waals surface area contributed by atoms with Gasteiger partial charge in [-0.25, -0.2) is 4.98 Å². The fourth-order valence-corrected chi connectivity index (χ4v) is 4.68. The van der Waals surface area contributed by atoms with Crippen LogP contribution in [0.25, 0.3) is 10.2 Å². The van der Waals surface area contributed by atoms with Gasteiger partial charge in [0, 0.05) is 0 Å². The number of aryl methyl sites for hydroxylation is 2. The Hall–Kier alpha value is -3.38. The maximum atomic E-state index is 13.3. The SMILES string of the molecule is CCOc1ccc(OCC(=O)N(Cc2ccccc2)c2nc3c(C)cc(C)cc3s2)cc1. The van der Waals surface area contributed by atoms with Crippen molar-refractivity contribution in [3.05, 3.63) is 83.4 Å². The molecule has 5 nitrogen and oxygen atoms in total. The number of fused-ring (bicyclic) bond motifs is 1. The molecule has 0 aliphatic carbocycles. The highest BCUT2D eigenvalue weighted by molar-refractivity contribution is 7.22. The largest absolute Gasteiger partial charge is 0.494 e. The number of hydrogen-bond acceptors (Lipinski definition) is 5. The molecule has 164 valence electrons. The van der Waals surface area contributed by atoms with Crippen LogP contribution in [0.3, 0.4) is 0 Å². The standard InChI is InChI=1S/C26H26N2O3S/c1-4-30-21-10-12-22(13-11-21)31-17-24(29)28(16-20-8-6-5-7-9-20)26-27-25-19(3)14-18(2)15-23(25)32-26/h5-15H,4,16-17H2,1-3H3. The highest BCUT2D eigenvalue weighted by atomic mass is 32.1. The van der Waals surface area contributed by atoms with Crippen LogP contribution in [0.2, 0.25) is 0 Å². The van der Waals surface area contributed by atoms with E-state index in [9.17, 15) is 4.79 Å². The number of nitrogens with zero attached hydrogens (tertiary/aromatic N) is 2. The van der Waals surface area contributed by atoms with Crippen LogP contribution in [0.1, 0.15) is 23.6 Å². The summed E-state index contributed by atoms with van der Waals surface area (Å²) in [5.41, 5.74) is 4.27. The third kappa shape index (κ3) is 5.08. The number of anilines is 1. The van der Waals surface area contributed by atoms with Crippen molar-refractivity contribution in [3.8, 4) is 11.5 Å². The fraction of sp³-hybridized carbons (Fsp3) is 0.231. The van der Waals surface area contributed by atoms with Gasteiger partial charge >= 0.3 is 0 Å². The molecule has 3 aromatic carbocycles. The van der Waals surface area contributed by atoms with Gasteiger partial charge in [-0.15, -0.1) is 0 Å². The van der Waals surface area contributed by atoms with Gasteiger partial charge in [0.05, 0.1) is 23.4 Å². The summed E-state index contributed by atoms with van der Waals surface area (Å²) < 4.78 is 12.3. The second-order valence-electron chi connectivity index (χ2n) is 7.58. The molecule has 0 aliphatic rings. The van der Waals surface area contributed by atoms with Crippen molar-refractivity contribution in [2.75, 3.05) is 18.1 Å². The first-order valence-electron chi connectivity index (χ1n) is 10.6. The van der Waals surface area contributed by atoms with E-state index >= 15 is 0 Å². The molecule has 0 saturated carbocycles. The molecule has 0 atom stereocenters. The van der Waals surface area contributed by atoms with Crippen LogP contribution in [0.5, 0.6) is 11.5 Å². The predicted octanol–water partition coefficient (Wildman–Crippen LogP) is 5.92. The van der Waals surface area contributed by atoms with Gasteiger partial charge < -0.3 is 9.47 Å². The van der Waals surface area contributed by atoms with Crippen LogP contribution in [-0.4, -0.2) is 24.1 Å². The van der Waals surface area contributed by atoms with Gasteiger partial charge in [-0.2, -0.15) is 0 Å². The van der Waals surface area contributed by atoms with Crippen molar-refractivity contribution in [2.45, 2.75) is 27.3 Å². The molecule has 1 heterocycles. The third-order valence-corrected chi connectivity index (χ3v) is 6.06. The molecular formula is C26H26N2O3S. The maximum Gasteiger partial charge on any atom is 0.267 e. The minimum absolute atomic E-state index is 0.0747. The molecule has 1 aromatic heterocycles. The van der Waals surface area contributed by atoms with Crippen molar-refractivity contribution in [1.29, 1.82) is 0 Å². The summed E-state index contributed by atoms with van der Waals surface area (Å²) >= 11 is 1.53. The topological polar surface area (TPSA) is 51.7 Å². The molecule has 0 radical (unpaired) electrons. The van der Waals surface area contributed by atoms with Gasteiger partial charge in [0.2, 0.25) is 0 Å². The van der Waals surface area contributed by atoms with E-state index in [0.717, 1.165) is 27.1 Å². The predicted molar refractivity (Wildman–Crippen MR) is 130 cm³/mol. The lowest BCUT2D eigenvalue weighted by Crippen LogP contribution is -2.34. The molecule has 0 N–H and O–H groups in total. The lowest BCUT2D eigenvalue weighted by atomic mass is 10.1. The summed E-state index contributed by atoms with van der Waals surface area (Å²) in [6.45, 7) is 7.03. The highest BCUT2D eigenvalue weighted by Crippen LogP contribution is 2.32. The monoisotopic (exact) mass is 446 g/mol. The summed E-state index contributed by atoms with van der Waals surface area (Å²) in [4.78, 5) is 19.8. The zero-order valence-electron chi connectivity index (χ0n) is 18.5. The van der Waals surface area contributed by atoms with E-state index in [1.807, 2.05) is 61.5 Å². The molecule has 0 fully saturated rings. The number of amides is 1. The number of carbonyl (C=O) groups is 1. The fourth-order valence-electron chi connectivity index (χ4n) is 3.52. The van der Waals surface area contributed by atoms with Crippen LogP contribution < -0.4 is 14.4 Å². The first kappa shape index (κ1) is 21.8. The van der Waals surface area contributed by atoms with E-state index in [-0.39, 0.29) is 12.5 Å². The Kier molecular flexibility index (Phi) is 6.71. The van der Waals surface area contributed by atoms with Crippen LogP contribution >= 0.6 is 11.3 Å². The molecule has 4 rings (SSSR count). The number of rotatable bonds is 8. The van der Waals surface area contributed by atoms with Crippen molar-refractivity contribution < 1.29 is 14.3 Å². The van der Waals surface area contributed by atoms with Crippen molar-refractivity contribution >= 4 is 32.6 Å². The Bertz CT molecular complexity index is 1200. The summed E-state index contributed by atoms with van der Waals surface area (Å²) in [6, 6.07) is 21.5. The minimum Gasteiger partial charge on any atom is -0.494 e. The van der Waals surface area contributed by atoms with Gasteiger partial charge in [0.25, 0.3) is 5.91 Å². The van der Waals surface area contributed by atoms with Crippen LogP contribution in [0, 0.1) is 13.8 Å². The van der Waals surface area contributed by atoms with Crippen LogP contribution in [0.15, 0.2) is 66.7 Å². The third-order valence-electron chi connectivity index (χ3n) is 5.03. The molecular weight excluding hydrogens is 420 g/mol. The van der Waals surface area contributed by atoms with Gasteiger partial charge in [0.15, 0.2) is 11.7 Å². The van der Waals surface area contributed by atoms with E-state index < -0.39 is 0 Å². The molecule has 0 aliphatic heterocycles. The van der Waals surface area contributed by atoms with Gasteiger partial charge in [0.1, 0.15) is 11.5 Å². The van der Waals surface area contributed by atoms with E-state index in [2.05, 4.69) is 26.0 Å². The van der Waals surface area contributed by atoms with E-state index in [1.54, 1.807) is 4.90 Å². The van der Waals surface area contributed by atoms with Crippen LogP contribution in [0.4, 0.5) is 5.13 Å². The number of aromatic nitrogens is 1. The quantitative estimate of drug-likeness (QED) is 0.337. The number of carbonyl (C=O) groups excluding carboxylic acids is 1. The van der Waals surface area contributed by atoms with E-state index in [0.29, 0.717) is 24.0 Å². The zero-order chi connectivity index (χ0) is 22.5. The average Bonchev–Trinajstić information content (AvgIpc) is 3.22. The second-order valence-corrected chi connectivity index (χ2v) is 8.59. The molecule has 0 bridgehead atoms. The molecule has 32 heavy (non-hydrogen) atoms. The molecule has 0 saturated heterocycles. The summed E-state index contributed by atoms with van der Waals surface area (Å²) in [7, 11) is 0. The Labute approximate surface area is 192 Å². The smallest absolute Gasteiger partial charge is 0.267 e. The lowest BCUT2D eigenvalue weighted by Gasteiger charge is -2.20. The summed E-state index contributed by atoms with van der Waals surface area (Å²) in [5, 5.41) is 0.679. The van der Waals surface area contributed by atoms with Gasteiger partial charge in [-0.05, 0) is 67.8 Å². The minimum atomic E-state index is -0.142. The highest BCUT2D eigenvalue weighted by Gasteiger charge is 2.21. The number of ether oxygens (including phenoxy) is 2. The summed E-state index contributed by atoms with van der Waals surface area (Å²) in [5.74, 6) is 1.26. The van der Waals surface area contributed by atoms with Crippen molar-refractivity contribution in [3.63, 3.8) is 0 Å². The van der Waals surface area contributed by atoms with E-state index in [1.165, 1.54) is 16.9 Å². The maximum absolute atomic E-state index is 13.3. The average molecular weight is 447 g/mol. The molecule has 4 aromatic rings. The second kappa shape index (κ2) is 9.83. The van der Waals surface area contributed by atoms with Crippen molar-refractivity contribution in [1.82, 2.24) is 4.98 Å². The van der Waals surface area contributed by atoms with Gasteiger partial charge in [-0.1, -0.05) is 47.7 Å². The molecule has 0 spiro atoms. The molecule has 1 amide bonds. The van der Waals surface area contributed by atoms with Crippen LogP contribution in [-0.2, 0) is 11.3 Å². The normalized spacial score (nSPS) is 10.8.